The molecule has 28 heavy (non-hydrogen) atoms. The summed E-state index contributed by atoms with van der Waals surface area (Å²) in [5.41, 5.74) is 0.112. The van der Waals surface area contributed by atoms with Crippen LogP contribution in [0.15, 0.2) is 0 Å². The number of halogens is 2. The van der Waals surface area contributed by atoms with Crippen LogP contribution in [-0.2, 0) is 20.1 Å². The van der Waals surface area contributed by atoms with Gasteiger partial charge < -0.3 is 0 Å². The minimum absolute atomic E-state index is 0.112. The molecule has 1 aliphatic heterocycles. The number of alkyl halides is 2. The van der Waals surface area contributed by atoms with Gasteiger partial charge in [-0.25, -0.2) is 21.5 Å². The molecular weight excluding hydrogens is 412 g/mol. The van der Waals surface area contributed by atoms with Gasteiger partial charge in [0.1, 0.15) is 5.25 Å². The first-order chi connectivity index (χ1) is 12.8. The molecule has 1 aliphatic carbocycles. The predicted molar refractivity (Wildman–Crippen MR) is 105 cm³/mol. The molecule has 0 amide bonds. The molecule has 6 nitrogen and oxygen atoms in total. The zero-order valence-electron chi connectivity index (χ0n) is 17.0. The fraction of sp³-hybridized carbons (Fsp3) is 1.00. The van der Waals surface area contributed by atoms with Crippen molar-refractivity contribution in [2.75, 3.05) is 13.1 Å². The summed E-state index contributed by atoms with van der Waals surface area (Å²) in [4.78, 5) is 0. The Morgan fingerprint density at radius 3 is 1.82 bits per heavy atom. The first-order valence-electron chi connectivity index (χ1n) is 10.1. The van der Waals surface area contributed by atoms with E-state index in [1.165, 1.54) is 20.3 Å². The summed E-state index contributed by atoms with van der Waals surface area (Å²) in [5.74, 6) is -4.14. The van der Waals surface area contributed by atoms with Crippen LogP contribution in [0.1, 0.15) is 78.6 Å². The zero-order valence-corrected chi connectivity index (χ0v) is 18.6. The van der Waals surface area contributed by atoms with E-state index < -0.39 is 48.9 Å². The van der Waals surface area contributed by atoms with Crippen molar-refractivity contribution in [3.05, 3.63) is 0 Å². The van der Waals surface area contributed by atoms with E-state index in [0.29, 0.717) is 12.8 Å². The molecule has 0 aromatic carbocycles. The van der Waals surface area contributed by atoms with E-state index in [-0.39, 0.29) is 18.5 Å². The van der Waals surface area contributed by atoms with Crippen molar-refractivity contribution < 1.29 is 30.2 Å². The Labute approximate surface area is 167 Å². The van der Waals surface area contributed by atoms with Gasteiger partial charge in [0.2, 0.25) is 10.0 Å². The van der Waals surface area contributed by atoms with Crippen LogP contribution in [0.4, 0.5) is 8.78 Å². The molecule has 1 unspecified atom stereocenters. The molecule has 0 aromatic heterocycles. The van der Waals surface area contributed by atoms with Gasteiger partial charge in [-0.05, 0) is 50.9 Å². The Balaban J connectivity index is 2.27. The van der Waals surface area contributed by atoms with Crippen molar-refractivity contribution in [1.29, 1.82) is 0 Å². The molecule has 1 saturated heterocycles. The standard InChI is InChI=1S/C18H33F2NO5S2/c1-4-17(5-2,28(24,25)26)18(19,20)15(3)27(22,23)21-13-11-16(12-14-21)9-7-6-8-10-16/h15H,4-14H2,1-3H3,(H,24,25,26). The van der Waals surface area contributed by atoms with Gasteiger partial charge in [-0.2, -0.15) is 8.42 Å². The van der Waals surface area contributed by atoms with Crippen LogP contribution in [-0.4, -0.2) is 54.7 Å². The molecule has 166 valence electrons. The zero-order chi connectivity index (χ0) is 21.4. The molecule has 2 aliphatic rings. The van der Waals surface area contributed by atoms with E-state index in [4.69, 9.17) is 0 Å². The van der Waals surface area contributed by atoms with Gasteiger partial charge in [0.25, 0.3) is 16.0 Å². The van der Waals surface area contributed by atoms with Gasteiger partial charge in [-0.3, -0.25) is 4.55 Å². The van der Waals surface area contributed by atoms with Crippen molar-refractivity contribution >= 4 is 20.1 Å². The summed E-state index contributed by atoms with van der Waals surface area (Å²) < 4.78 is 88.0. The van der Waals surface area contributed by atoms with Gasteiger partial charge in [0.15, 0.2) is 4.75 Å². The lowest BCUT2D eigenvalue weighted by Crippen LogP contribution is -2.62. The molecule has 1 saturated carbocycles. The van der Waals surface area contributed by atoms with E-state index in [1.54, 1.807) is 0 Å². The monoisotopic (exact) mass is 445 g/mol. The molecule has 0 bridgehead atoms. The highest BCUT2D eigenvalue weighted by Crippen LogP contribution is 2.48. The minimum Gasteiger partial charge on any atom is -0.285 e. The fourth-order valence-electron chi connectivity index (χ4n) is 5.06. The molecule has 2 rings (SSSR count). The molecule has 0 radical (unpaired) electrons. The first-order valence-corrected chi connectivity index (χ1v) is 13.1. The number of sulfonamides is 1. The highest BCUT2D eigenvalue weighted by molar-refractivity contribution is 7.90. The quantitative estimate of drug-likeness (QED) is 0.601. The minimum atomic E-state index is -5.18. The summed E-state index contributed by atoms with van der Waals surface area (Å²) in [6.45, 7) is 3.65. The lowest BCUT2D eigenvalue weighted by atomic mass is 9.68. The number of rotatable bonds is 7. The summed E-state index contributed by atoms with van der Waals surface area (Å²) >= 11 is 0. The van der Waals surface area contributed by atoms with Gasteiger partial charge in [0, 0.05) is 13.1 Å². The van der Waals surface area contributed by atoms with Crippen LogP contribution in [0.3, 0.4) is 0 Å². The van der Waals surface area contributed by atoms with E-state index in [1.807, 2.05) is 0 Å². The topological polar surface area (TPSA) is 91.8 Å². The Bertz CT molecular complexity index is 747. The number of piperidine rings is 1. The van der Waals surface area contributed by atoms with Crippen LogP contribution in [0.2, 0.25) is 0 Å². The lowest BCUT2D eigenvalue weighted by molar-refractivity contribution is -0.0498. The van der Waals surface area contributed by atoms with Crippen molar-refractivity contribution in [3.8, 4) is 0 Å². The second kappa shape index (κ2) is 8.07. The molecule has 1 N–H and O–H groups in total. The Morgan fingerprint density at radius 1 is 0.964 bits per heavy atom. The third kappa shape index (κ3) is 3.86. The van der Waals surface area contributed by atoms with E-state index in [0.717, 1.165) is 36.9 Å². The van der Waals surface area contributed by atoms with Crippen LogP contribution in [0.25, 0.3) is 0 Å². The Morgan fingerprint density at radius 2 is 1.43 bits per heavy atom. The van der Waals surface area contributed by atoms with Crippen LogP contribution < -0.4 is 0 Å². The van der Waals surface area contributed by atoms with Crippen molar-refractivity contribution in [2.45, 2.75) is 94.5 Å². The van der Waals surface area contributed by atoms with Crippen molar-refractivity contribution in [2.24, 2.45) is 5.41 Å². The molecule has 10 heteroatoms. The molecule has 0 aromatic rings. The smallest absolute Gasteiger partial charge is 0.285 e. The van der Waals surface area contributed by atoms with Crippen molar-refractivity contribution in [1.82, 2.24) is 4.31 Å². The van der Waals surface area contributed by atoms with Gasteiger partial charge in [-0.1, -0.05) is 33.1 Å². The number of nitrogens with zero attached hydrogens (tertiary/aromatic N) is 1. The fourth-order valence-corrected chi connectivity index (χ4v) is 8.12. The maximum absolute atomic E-state index is 15.3. The van der Waals surface area contributed by atoms with Crippen LogP contribution in [0.5, 0.6) is 0 Å². The van der Waals surface area contributed by atoms with E-state index >= 15 is 8.78 Å². The predicted octanol–water partition coefficient (Wildman–Crippen LogP) is 3.83. The molecule has 1 heterocycles. The third-order valence-electron chi connectivity index (χ3n) is 7.26. The summed E-state index contributed by atoms with van der Waals surface area (Å²) in [5, 5.41) is -2.25. The second-order valence-corrected chi connectivity index (χ2v) is 12.4. The SMILES string of the molecule is CCC(CC)(C(F)(F)C(C)S(=O)(=O)N1CCC2(CCCCC2)CC1)S(=O)(=O)O. The highest BCUT2D eigenvalue weighted by Gasteiger charge is 2.66. The average molecular weight is 446 g/mol. The second-order valence-electron chi connectivity index (χ2n) is 8.45. The maximum atomic E-state index is 15.3. The summed E-state index contributed by atoms with van der Waals surface area (Å²) in [6.07, 6.45) is 5.63. The molecule has 1 atom stereocenters. The van der Waals surface area contributed by atoms with E-state index in [9.17, 15) is 21.4 Å². The van der Waals surface area contributed by atoms with Gasteiger partial charge in [0.05, 0.1) is 0 Å². The Kier molecular flexibility index (Phi) is 6.91. The van der Waals surface area contributed by atoms with Crippen molar-refractivity contribution in [3.63, 3.8) is 0 Å². The van der Waals surface area contributed by atoms with E-state index in [2.05, 4.69) is 0 Å². The lowest BCUT2D eigenvalue weighted by Gasteiger charge is -2.45. The molecule has 1 spiro atoms. The first kappa shape index (κ1) is 24.0. The van der Waals surface area contributed by atoms with Crippen LogP contribution in [0, 0.1) is 5.41 Å². The molecular formula is C18H33F2NO5S2. The highest BCUT2D eigenvalue weighted by atomic mass is 32.2. The molecule has 2 fully saturated rings. The average Bonchev–Trinajstić information content (AvgIpc) is 2.62. The Hall–Kier alpha value is -0.320. The van der Waals surface area contributed by atoms with Crippen LogP contribution >= 0.6 is 0 Å². The van der Waals surface area contributed by atoms with Gasteiger partial charge >= 0.3 is 0 Å². The maximum Gasteiger partial charge on any atom is 0.287 e. The normalized spacial score (nSPS) is 23.6. The number of hydrogen-bond donors (Lipinski definition) is 1. The summed E-state index contributed by atoms with van der Waals surface area (Å²) in [6, 6.07) is 0. The van der Waals surface area contributed by atoms with Gasteiger partial charge in [-0.15, -0.1) is 0 Å². The summed E-state index contributed by atoms with van der Waals surface area (Å²) in [7, 11) is -9.61. The third-order valence-corrected chi connectivity index (χ3v) is 11.4. The number of hydrogen-bond acceptors (Lipinski definition) is 4. The largest absolute Gasteiger partial charge is 0.287 e.